The topological polar surface area (TPSA) is 43.6 Å². The third kappa shape index (κ3) is 1.49. The van der Waals surface area contributed by atoms with Crippen LogP contribution in [-0.4, -0.2) is 26.0 Å². The number of hydrogen-bond acceptors (Lipinski definition) is 4. The maximum absolute atomic E-state index is 4.63. The van der Waals surface area contributed by atoms with Crippen LogP contribution in [0.4, 0.5) is 0 Å². The number of aromatic nitrogens is 4. The molecule has 0 aliphatic heterocycles. The molecule has 4 rings (SSSR count). The first kappa shape index (κ1) is 10.8. The van der Waals surface area contributed by atoms with Crippen LogP contribution in [0.25, 0.3) is 11.0 Å². The van der Waals surface area contributed by atoms with Crippen LogP contribution in [-0.2, 0) is 0 Å². The maximum Gasteiger partial charge on any atom is 0.189 e. The predicted molar refractivity (Wildman–Crippen MR) is 71.6 cm³/mol. The smallest absolute Gasteiger partial charge is 0.189 e. The first-order chi connectivity index (χ1) is 8.85. The van der Waals surface area contributed by atoms with Crippen LogP contribution in [0.1, 0.15) is 31.7 Å². The molecule has 0 spiro atoms. The van der Waals surface area contributed by atoms with Gasteiger partial charge in [0, 0.05) is 6.20 Å². The Balaban J connectivity index is 1.80. The Morgan fingerprint density at radius 3 is 2.94 bits per heavy atom. The lowest BCUT2D eigenvalue weighted by Gasteiger charge is -2.22. The Hall–Kier alpha value is -1.10. The molecule has 2 saturated carbocycles. The Kier molecular flexibility index (Phi) is 2.37. The molecule has 2 fully saturated rings. The number of hydrogen-bond donors (Lipinski definition) is 0. The van der Waals surface area contributed by atoms with Crippen molar-refractivity contribution >= 4 is 22.8 Å². The van der Waals surface area contributed by atoms with Crippen molar-refractivity contribution in [2.45, 2.75) is 36.9 Å². The number of nitrogens with zero attached hydrogens (tertiary/aromatic N) is 4. The highest BCUT2D eigenvalue weighted by Crippen LogP contribution is 2.50. The molecule has 2 aliphatic carbocycles. The summed E-state index contributed by atoms with van der Waals surface area (Å²) < 4.78 is 2.17. The molecule has 2 aliphatic rings. The number of rotatable bonds is 2. The van der Waals surface area contributed by atoms with Gasteiger partial charge in [0.1, 0.15) is 0 Å². The second-order valence-electron chi connectivity index (χ2n) is 5.47. The van der Waals surface area contributed by atoms with Gasteiger partial charge in [0.15, 0.2) is 10.8 Å². The molecule has 0 amide bonds. The highest BCUT2D eigenvalue weighted by atomic mass is 32.2. The summed E-state index contributed by atoms with van der Waals surface area (Å²) >= 11 is 1.59. The summed E-state index contributed by atoms with van der Waals surface area (Å²) in [5.74, 6) is 1.76. The van der Waals surface area contributed by atoms with Gasteiger partial charge in [0.2, 0.25) is 0 Å². The van der Waals surface area contributed by atoms with Gasteiger partial charge in [-0.3, -0.25) is 0 Å². The van der Waals surface area contributed by atoms with Gasteiger partial charge in [0.25, 0.3) is 0 Å². The minimum absolute atomic E-state index is 0.575. The largest absolute Gasteiger partial charge is 0.244 e. The Labute approximate surface area is 110 Å². The van der Waals surface area contributed by atoms with Crippen molar-refractivity contribution < 1.29 is 0 Å². The van der Waals surface area contributed by atoms with Crippen LogP contribution in [0, 0.1) is 11.8 Å². The zero-order valence-electron chi connectivity index (χ0n) is 10.4. The van der Waals surface area contributed by atoms with Gasteiger partial charge in [-0.05, 0) is 37.4 Å². The molecule has 18 heavy (non-hydrogen) atoms. The molecular weight excluding hydrogens is 244 g/mol. The molecule has 94 valence electrons. The molecule has 5 heteroatoms. The predicted octanol–water partition coefficient (Wildman–Crippen LogP) is 2.91. The summed E-state index contributed by atoms with van der Waals surface area (Å²) in [6, 6.07) is 0.575. The quantitative estimate of drug-likeness (QED) is 0.615. The fraction of sp³-hybridized carbons (Fsp3) is 0.615. The van der Waals surface area contributed by atoms with E-state index in [-0.39, 0.29) is 0 Å². The highest BCUT2D eigenvalue weighted by Gasteiger charge is 2.41. The number of thioether (sulfide) groups is 1. The highest BCUT2D eigenvalue weighted by molar-refractivity contribution is 7.98. The van der Waals surface area contributed by atoms with E-state index in [1.165, 1.54) is 25.7 Å². The molecule has 2 aromatic rings. The minimum Gasteiger partial charge on any atom is -0.244 e. The molecule has 2 bridgehead atoms. The summed E-state index contributed by atoms with van der Waals surface area (Å²) in [6.07, 6.45) is 11.3. The van der Waals surface area contributed by atoms with E-state index in [4.69, 9.17) is 0 Å². The van der Waals surface area contributed by atoms with Crippen LogP contribution >= 0.6 is 11.8 Å². The van der Waals surface area contributed by atoms with E-state index >= 15 is 0 Å². The number of fused-ring (bicyclic) bond motifs is 3. The molecule has 0 N–H and O–H groups in total. The Morgan fingerprint density at radius 2 is 2.22 bits per heavy atom. The van der Waals surface area contributed by atoms with Crippen molar-refractivity contribution in [2.24, 2.45) is 11.8 Å². The Morgan fingerprint density at radius 1 is 1.28 bits per heavy atom. The SMILES string of the molecule is CSc1ncc2cnn([C@H]3C[C@H]4CC[C@@H]3C4)c2n1. The van der Waals surface area contributed by atoms with Gasteiger partial charge in [-0.2, -0.15) is 5.10 Å². The Bertz CT molecular complexity index is 594. The van der Waals surface area contributed by atoms with E-state index in [0.717, 1.165) is 28.0 Å². The molecule has 3 atom stereocenters. The summed E-state index contributed by atoms with van der Waals surface area (Å²) in [4.78, 5) is 8.95. The lowest BCUT2D eigenvalue weighted by molar-refractivity contribution is 0.312. The van der Waals surface area contributed by atoms with E-state index < -0.39 is 0 Å². The first-order valence-corrected chi connectivity index (χ1v) is 7.82. The average molecular weight is 260 g/mol. The van der Waals surface area contributed by atoms with Gasteiger partial charge in [-0.15, -0.1) is 0 Å². The second kappa shape index (κ2) is 3.95. The van der Waals surface area contributed by atoms with E-state index in [2.05, 4.69) is 19.7 Å². The van der Waals surface area contributed by atoms with Crippen LogP contribution < -0.4 is 0 Å². The second-order valence-corrected chi connectivity index (χ2v) is 6.24. The van der Waals surface area contributed by atoms with Crippen LogP contribution in [0.15, 0.2) is 17.6 Å². The molecule has 0 aromatic carbocycles. The summed E-state index contributed by atoms with van der Waals surface area (Å²) in [7, 11) is 0. The zero-order valence-corrected chi connectivity index (χ0v) is 11.2. The summed E-state index contributed by atoms with van der Waals surface area (Å²) in [6.45, 7) is 0. The van der Waals surface area contributed by atoms with Crippen LogP contribution in [0.2, 0.25) is 0 Å². The van der Waals surface area contributed by atoms with Crippen molar-refractivity contribution in [1.82, 2.24) is 19.7 Å². The van der Waals surface area contributed by atoms with Gasteiger partial charge >= 0.3 is 0 Å². The average Bonchev–Trinajstić information content (AvgIpc) is 3.11. The van der Waals surface area contributed by atoms with E-state index in [9.17, 15) is 0 Å². The first-order valence-electron chi connectivity index (χ1n) is 6.59. The fourth-order valence-electron chi connectivity index (χ4n) is 3.67. The monoisotopic (exact) mass is 260 g/mol. The molecule has 0 radical (unpaired) electrons. The summed E-state index contributed by atoms with van der Waals surface area (Å²) in [5, 5.41) is 6.48. The van der Waals surface area contributed by atoms with Gasteiger partial charge in [-0.1, -0.05) is 18.2 Å². The van der Waals surface area contributed by atoms with Gasteiger partial charge < -0.3 is 0 Å². The van der Waals surface area contributed by atoms with Crippen molar-refractivity contribution in [2.75, 3.05) is 6.26 Å². The van der Waals surface area contributed by atoms with Gasteiger partial charge in [0.05, 0.1) is 17.6 Å². The fourth-order valence-corrected chi connectivity index (χ4v) is 4.01. The molecule has 2 heterocycles. The van der Waals surface area contributed by atoms with Crippen molar-refractivity contribution in [3.63, 3.8) is 0 Å². The van der Waals surface area contributed by atoms with E-state index in [1.54, 1.807) is 11.8 Å². The lowest BCUT2D eigenvalue weighted by Crippen LogP contribution is -2.17. The maximum atomic E-state index is 4.63. The van der Waals surface area contributed by atoms with Crippen molar-refractivity contribution in [3.8, 4) is 0 Å². The van der Waals surface area contributed by atoms with Crippen LogP contribution in [0.3, 0.4) is 0 Å². The molecular formula is C13H16N4S. The van der Waals surface area contributed by atoms with Gasteiger partial charge in [-0.25, -0.2) is 14.6 Å². The third-order valence-electron chi connectivity index (χ3n) is 4.51. The third-order valence-corrected chi connectivity index (χ3v) is 5.07. The zero-order chi connectivity index (χ0) is 12.1. The molecule has 4 nitrogen and oxygen atoms in total. The normalized spacial score (nSPS) is 30.4. The molecule has 0 saturated heterocycles. The van der Waals surface area contributed by atoms with Crippen LogP contribution in [0.5, 0.6) is 0 Å². The molecule has 2 aromatic heterocycles. The van der Waals surface area contributed by atoms with E-state index in [0.29, 0.717) is 6.04 Å². The van der Waals surface area contributed by atoms with Crippen molar-refractivity contribution in [3.05, 3.63) is 12.4 Å². The molecule has 0 unspecified atom stereocenters. The lowest BCUT2D eigenvalue weighted by atomic mass is 9.95. The van der Waals surface area contributed by atoms with Crippen molar-refractivity contribution in [1.29, 1.82) is 0 Å². The van der Waals surface area contributed by atoms with E-state index in [1.807, 2.05) is 18.6 Å². The minimum atomic E-state index is 0.575. The summed E-state index contributed by atoms with van der Waals surface area (Å²) in [5.41, 5.74) is 1.02. The standard InChI is InChI=1S/C13H16N4S/c1-18-13-14-6-10-7-15-17(12(10)16-13)11-5-8-2-3-9(11)4-8/h6-9,11H,2-5H2,1H3/t8-,9+,11-/m0/s1.